The second-order valence-corrected chi connectivity index (χ2v) is 5.55. The maximum Gasteiger partial charge on any atom is 0.257 e. The van der Waals surface area contributed by atoms with Crippen LogP contribution in [0.1, 0.15) is 15.9 Å². The molecule has 0 aliphatic carbocycles. The molecule has 1 N–H and O–H groups in total. The summed E-state index contributed by atoms with van der Waals surface area (Å²) in [6.07, 6.45) is 0. The third-order valence-electron chi connectivity index (χ3n) is 3.14. The molecule has 4 nitrogen and oxygen atoms in total. The van der Waals surface area contributed by atoms with Crippen LogP contribution in [0.15, 0.2) is 53.9 Å². The molecule has 0 fully saturated rings. The molecular weight excluding hydrogens is 313 g/mol. The minimum atomic E-state index is -0.307. The van der Waals surface area contributed by atoms with Crippen LogP contribution in [0.5, 0.6) is 0 Å². The summed E-state index contributed by atoms with van der Waals surface area (Å²) in [5, 5.41) is 13.7. The summed E-state index contributed by atoms with van der Waals surface area (Å²) in [7, 11) is 0. The molecule has 1 heterocycles. The maximum atomic E-state index is 12.9. The molecule has 0 saturated heterocycles. The smallest absolute Gasteiger partial charge is 0.257 e. The van der Waals surface area contributed by atoms with E-state index < -0.39 is 0 Å². The fourth-order valence-corrected chi connectivity index (χ4v) is 2.66. The molecule has 6 heteroatoms. The summed E-state index contributed by atoms with van der Waals surface area (Å²) in [6.45, 7) is 0. The van der Waals surface area contributed by atoms with Crippen molar-refractivity contribution in [1.29, 1.82) is 5.26 Å². The molecule has 0 radical (unpaired) electrons. The Morgan fingerprint density at radius 2 is 1.83 bits per heavy atom. The number of thiazole rings is 1. The first-order chi connectivity index (χ1) is 11.2. The van der Waals surface area contributed by atoms with Crippen molar-refractivity contribution in [3.8, 4) is 17.3 Å². The highest BCUT2D eigenvalue weighted by Gasteiger charge is 2.10. The SMILES string of the molecule is N#Cc1ccc(C(=O)Nc2nc(-c3ccc(F)cc3)cs2)cc1. The molecule has 0 unspecified atom stereocenters. The number of hydrogen-bond acceptors (Lipinski definition) is 4. The molecule has 0 aliphatic heterocycles. The number of anilines is 1. The molecule has 3 aromatic rings. The molecule has 23 heavy (non-hydrogen) atoms. The number of carbonyl (C=O) groups is 1. The topological polar surface area (TPSA) is 65.8 Å². The number of amides is 1. The van der Waals surface area contributed by atoms with E-state index in [-0.39, 0.29) is 11.7 Å². The van der Waals surface area contributed by atoms with Crippen molar-refractivity contribution in [1.82, 2.24) is 4.98 Å². The van der Waals surface area contributed by atoms with E-state index in [1.807, 2.05) is 6.07 Å². The highest BCUT2D eigenvalue weighted by atomic mass is 32.1. The quantitative estimate of drug-likeness (QED) is 0.790. The standard InChI is InChI=1S/C17H10FN3OS/c18-14-7-5-12(6-8-14)15-10-23-17(20-15)21-16(22)13-3-1-11(9-19)2-4-13/h1-8,10H,(H,20,21,22). The first-order valence-electron chi connectivity index (χ1n) is 6.69. The normalized spacial score (nSPS) is 10.1. The van der Waals surface area contributed by atoms with Crippen LogP contribution in [0.25, 0.3) is 11.3 Å². The molecule has 0 spiro atoms. The van der Waals surface area contributed by atoms with Gasteiger partial charge in [-0.15, -0.1) is 11.3 Å². The van der Waals surface area contributed by atoms with E-state index in [0.717, 1.165) is 5.56 Å². The summed E-state index contributed by atoms with van der Waals surface area (Å²) in [4.78, 5) is 16.4. The summed E-state index contributed by atoms with van der Waals surface area (Å²) >= 11 is 1.29. The van der Waals surface area contributed by atoms with Crippen molar-refractivity contribution in [2.24, 2.45) is 0 Å². The summed E-state index contributed by atoms with van der Waals surface area (Å²) in [6, 6.07) is 14.3. The molecule has 1 aromatic heterocycles. The van der Waals surface area contributed by atoms with Crippen LogP contribution in [0.4, 0.5) is 9.52 Å². The number of carbonyl (C=O) groups excluding carboxylic acids is 1. The van der Waals surface area contributed by atoms with Crippen LogP contribution in [-0.4, -0.2) is 10.9 Å². The largest absolute Gasteiger partial charge is 0.298 e. The molecule has 0 bridgehead atoms. The molecule has 0 aliphatic rings. The average molecular weight is 323 g/mol. The zero-order chi connectivity index (χ0) is 16.2. The number of nitrogens with one attached hydrogen (secondary N) is 1. The van der Waals surface area contributed by atoms with Gasteiger partial charge < -0.3 is 0 Å². The van der Waals surface area contributed by atoms with Crippen molar-refractivity contribution in [3.63, 3.8) is 0 Å². The van der Waals surface area contributed by atoms with Crippen LogP contribution in [0.2, 0.25) is 0 Å². The number of aromatic nitrogens is 1. The molecule has 1 amide bonds. The van der Waals surface area contributed by atoms with Crippen LogP contribution in [0, 0.1) is 17.1 Å². The van der Waals surface area contributed by atoms with E-state index >= 15 is 0 Å². The fourth-order valence-electron chi connectivity index (χ4n) is 1.95. The Morgan fingerprint density at radius 1 is 1.13 bits per heavy atom. The van der Waals surface area contributed by atoms with Gasteiger partial charge in [0.15, 0.2) is 5.13 Å². The number of nitrogens with zero attached hydrogens (tertiary/aromatic N) is 2. The lowest BCUT2D eigenvalue weighted by atomic mass is 10.1. The Bertz CT molecular complexity index is 879. The van der Waals surface area contributed by atoms with Crippen LogP contribution >= 0.6 is 11.3 Å². The van der Waals surface area contributed by atoms with Gasteiger partial charge in [-0.05, 0) is 48.5 Å². The highest BCUT2D eigenvalue weighted by molar-refractivity contribution is 7.14. The molecular formula is C17H10FN3OS. The van der Waals surface area contributed by atoms with Crippen molar-refractivity contribution in [2.75, 3.05) is 5.32 Å². The van der Waals surface area contributed by atoms with E-state index in [2.05, 4.69) is 10.3 Å². The third-order valence-corrected chi connectivity index (χ3v) is 3.90. The number of halogens is 1. The molecule has 0 saturated carbocycles. The zero-order valence-corrected chi connectivity index (χ0v) is 12.6. The van der Waals surface area contributed by atoms with E-state index in [1.54, 1.807) is 41.8 Å². The highest BCUT2D eigenvalue weighted by Crippen LogP contribution is 2.25. The van der Waals surface area contributed by atoms with Crippen LogP contribution in [0.3, 0.4) is 0 Å². The lowest BCUT2D eigenvalue weighted by Crippen LogP contribution is -2.11. The lowest BCUT2D eigenvalue weighted by Gasteiger charge is -2.01. The van der Waals surface area contributed by atoms with E-state index in [0.29, 0.717) is 22.0 Å². The molecule has 3 rings (SSSR count). The van der Waals surface area contributed by atoms with Gasteiger partial charge in [0.2, 0.25) is 0 Å². The van der Waals surface area contributed by atoms with Gasteiger partial charge in [-0.1, -0.05) is 0 Å². The maximum absolute atomic E-state index is 12.9. The van der Waals surface area contributed by atoms with Gasteiger partial charge in [0.1, 0.15) is 5.82 Å². The average Bonchev–Trinajstić information content (AvgIpc) is 3.04. The minimum Gasteiger partial charge on any atom is -0.298 e. The second-order valence-electron chi connectivity index (χ2n) is 4.69. The molecule has 112 valence electrons. The van der Waals surface area contributed by atoms with Gasteiger partial charge >= 0.3 is 0 Å². The first kappa shape index (κ1) is 14.9. The van der Waals surface area contributed by atoms with Gasteiger partial charge in [-0.25, -0.2) is 9.37 Å². The van der Waals surface area contributed by atoms with E-state index in [9.17, 15) is 9.18 Å². The third kappa shape index (κ3) is 3.42. The predicted molar refractivity (Wildman–Crippen MR) is 86.6 cm³/mol. The number of hydrogen-bond donors (Lipinski definition) is 1. The lowest BCUT2D eigenvalue weighted by molar-refractivity contribution is 0.102. The number of benzene rings is 2. The van der Waals surface area contributed by atoms with Gasteiger partial charge in [-0.3, -0.25) is 10.1 Å². The Hall–Kier alpha value is -3.04. The Balaban J connectivity index is 1.74. The number of nitriles is 1. The van der Waals surface area contributed by atoms with Gasteiger partial charge in [0.25, 0.3) is 5.91 Å². The van der Waals surface area contributed by atoms with Crippen molar-refractivity contribution in [2.45, 2.75) is 0 Å². The van der Waals surface area contributed by atoms with Gasteiger partial charge in [0, 0.05) is 16.5 Å². The number of rotatable bonds is 3. The van der Waals surface area contributed by atoms with Crippen LogP contribution < -0.4 is 5.32 Å². The second kappa shape index (κ2) is 6.38. The van der Waals surface area contributed by atoms with E-state index in [1.165, 1.54) is 23.5 Å². The molecule has 2 aromatic carbocycles. The fraction of sp³-hybridized carbons (Fsp3) is 0. The Kier molecular flexibility index (Phi) is 4.13. The van der Waals surface area contributed by atoms with Crippen LogP contribution in [-0.2, 0) is 0 Å². The van der Waals surface area contributed by atoms with Crippen molar-refractivity contribution >= 4 is 22.4 Å². The summed E-state index contributed by atoms with van der Waals surface area (Å²) in [5.41, 5.74) is 2.39. The Labute approximate surface area is 135 Å². The van der Waals surface area contributed by atoms with E-state index in [4.69, 9.17) is 5.26 Å². The summed E-state index contributed by atoms with van der Waals surface area (Å²) in [5.74, 6) is -0.604. The Morgan fingerprint density at radius 3 is 2.48 bits per heavy atom. The summed E-state index contributed by atoms with van der Waals surface area (Å²) < 4.78 is 12.9. The molecule has 0 atom stereocenters. The first-order valence-corrected chi connectivity index (χ1v) is 7.56. The monoisotopic (exact) mass is 323 g/mol. The predicted octanol–water partition coefficient (Wildman–Crippen LogP) is 4.07. The minimum absolute atomic E-state index is 0.297. The van der Waals surface area contributed by atoms with Crippen molar-refractivity contribution in [3.05, 3.63) is 70.9 Å². The van der Waals surface area contributed by atoms with Gasteiger partial charge in [-0.2, -0.15) is 5.26 Å². The van der Waals surface area contributed by atoms with Gasteiger partial charge in [0.05, 0.1) is 17.3 Å². The van der Waals surface area contributed by atoms with Crippen molar-refractivity contribution < 1.29 is 9.18 Å². The zero-order valence-electron chi connectivity index (χ0n) is 11.8.